The van der Waals surface area contributed by atoms with E-state index in [1.165, 1.54) is 10.9 Å². The molecular weight excluding hydrogens is 250 g/mol. The molecule has 0 atom stereocenters. The Hall–Kier alpha value is -1.52. The van der Waals surface area contributed by atoms with E-state index in [4.69, 9.17) is 4.74 Å². The van der Waals surface area contributed by atoms with Crippen LogP contribution in [0.3, 0.4) is 0 Å². The van der Waals surface area contributed by atoms with Crippen LogP contribution in [0, 0.1) is 6.92 Å². The van der Waals surface area contributed by atoms with Gasteiger partial charge < -0.3 is 14.6 Å². The van der Waals surface area contributed by atoms with Crippen LogP contribution in [0.4, 0.5) is 0 Å². The van der Waals surface area contributed by atoms with Crippen LogP contribution in [-0.2, 0) is 0 Å². The average molecular weight is 273 g/mol. The van der Waals surface area contributed by atoms with E-state index in [1.807, 2.05) is 6.20 Å². The molecule has 3 rings (SSSR count). The van der Waals surface area contributed by atoms with Crippen LogP contribution in [0.1, 0.15) is 5.56 Å². The Morgan fingerprint density at radius 2 is 2.00 bits per heavy atom. The third kappa shape index (κ3) is 2.97. The summed E-state index contributed by atoms with van der Waals surface area (Å²) in [6, 6.07) is 6.28. The van der Waals surface area contributed by atoms with Crippen molar-refractivity contribution < 1.29 is 4.74 Å². The lowest BCUT2D eigenvalue weighted by molar-refractivity contribution is 0.134. The van der Waals surface area contributed by atoms with Gasteiger partial charge in [-0.3, -0.25) is 4.90 Å². The Morgan fingerprint density at radius 1 is 1.20 bits per heavy atom. The van der Waals surface area contributed by atoms with Crippen molar-refractivity contribution in [3.8, 4) is 5.75 Å². The third-order valence-electron chi connectivity index (χ3n) is 4.13. The first-order valence-corrected chi connectivity index (χ1v) is 7.34. The zero-order chi connectivity index (χ0) is 13.9. The van der Waals surface area contributed by atoms with Gasteiger partial charge in [0.2, 0.25) is 0 Å². The first-order chi connectivity index (χ1) is 9.72. The molecule has 1 aromatic heterocycles. The minimum Gasteiger partial charge on any atom is -0.492 e. The van der Waals surface area contributed by atoms with E-state index >= 15 is 0 Å². The minimum absolute atomic E-state index is 0.759. The third-order valence-corrected chi connectivity index (χ3v) is 4.13. The SMILES string of the molecule is Cc1c[nH]c2cc(OCCN3CCN(C)CC3)ccc12. The van der Waals surface area contributed by atoms with Crippen molar-refractivity contribution in [3.05, 3.63) is 30.0 Å². The summed E-state index contributed by atoms with van der Waals surface area (Å²) >= 11 is 0. The van der Waals surface area contributed by atoms with Gasteiger partial charge in [0, 0.05) is 55.9 Å². The quantitative estimate of drug-likeness (QED) is 0.925. The first-order valence-electron chi connectivity index (χ1n) is 7.34. The van der Waals surface area contributed by atoms with E-state index in [-0.39, 0.29) is 0 Å². The second-order valence-electron chi connectivity index (χ2n) is 5.67. The van der Waals surface area contributed by atoms with Gasteiger partial charge in [-0.05, 0) is 31.7 Å². The fourth-order valence-electron chi connectivity index (χ4n) is 2.70. The van der Waals surface area contributed by atoms with Gasteiger partial charge in [0.15, 0.2) is 0 Å². The Bertz CT molecular complexity index is 570. The predicted octanol–water partition coefficient (Wildman–Crippen LogP) is 2.10. The van der Waals surface area contributed by atoms with Crippen molar-refractivity contribution >= 4 is 10.9 Å². The standard InChI is InChI=1S/C16H23N3O/c1-13-12-17-16-11-14(3-4-15(13)16)20-10-9-19-7-5-18(2)6-8-19/h3-4,11-12,17H,5-10H2,1-2H3. The fraction of sp³-hybridized carbons (Fsp3) is 0.500. The molecule has 4 heteroatoms. The maximum absolute atomic E-state index is 5.88. The summed E-state index contributed by atoms with van der Waals surface area (Å²) in [5.74, 6) is 0.952. The van der Waals surface area contributed by atoms with Crippen molar-refractivity contribution in [2.75, 3.05) is 46.4 Å². The summed E-state index contributed by atoms with van der Waals surface area (Å²) in [6.07, 6.45) is 2.04. The number of likely N-dealkylation sites (N-methyl/N-ethyl adjacent to an activating group) is 1. The normalized spacial score (nSPS) is 17.7. The highest BCUT2D eigenvalue weighted by atomic mass is 16.5. The van der Waals surface area contributed by atoms with Crippen molar-refractivity contribution in [3.63, 3.8) is 0 Å². The lowest BCUT2D eigenvalue weighted by Crippen LogP contribution is -2.45. The molecule has 0 amide bonds. The Labute approximate surface area is 120 Å². The molecule has 20 heavy (non-hydrogen) atoms. The molecule has 1 aromatic carbocycles. The summed E-state index contributed by atoms with van der Waals surface area (Å²) in [7, 11) is 2.18. The minimum atomic E-state index is 0.759. The van der Waals surface area contributed by atoms with Gasteiger partial charge >= 0.3 is 0 Å². The van der Waals surface area contributed by atoms with Crippen LogP contribution in [0.2, 0.25) is 0 Å². The number of aromatic nitrogens is 1. The lowest BCUT2D eigenvalue weighted by atomic mass is 10.2. The summed E-state index contributed by atoms with van der Waals surface area (Å²) < 4.78 is 5.88. The number of fused-ring (bicyclic) bond motifs is 1. The molecule has 1 fully saturated rings. The smallest absolute Gasteiger partial charge is 0.121 e. The van der Waals surface area contributed by atoms with E-state index < -0.39 is 0 Å². The van der Waals surface area contributed by atoms with Crippen molar-refractivity contribution in [1.29, 1.82) is 0 Å². The van der Waals surface area contributed by atoms with E-state index in [1.54, 1.807) is 0 Å². The van der Waals surface area contributed by atoms with Crippen LogP contribution in [0.15, 0.2) is 24.4 Å². The molecular formula is C16H23N3O. The Morgan fingerprint density at radius 3 is 2.80 bits per heavy atom. The summed E-state index contributed by atoms with van der Waals surface area (Å²) in [5.41, 5.74) is 2.43. The number of hydrogen-bond acceptors (Lipinski definition) is 3. The molecule has 0 aliphatic carbocycles. The van der Waals surface area contributed by atoms with Gasteiger partial charge in [-0.2, -0.15) is 0 Å². The number of nitrogens with zero attached hydrogens (tertiary/aromatic N) is 2. The highest BCUT2D eigenvalue weighted by molar-refractivity contribution is 5.84. The molecule has 2 aromatic rings. The molecule has 0 saturated carbocycles. The summed E-state index contributed by atoms with van der Waals surface area (Å²) in [6.45, 7) is 8.50. The molecule has 108 valence electrons. The van der Waals surface area contributed by atoms with Gasteiger partial charge in [-0.25, -0.2) is 0 Å². The van der Waals surface area contributed by atoms with E-state index in [9.17, 15) is 0 Å². The number of aryl methyl sites for hydroxylation is 1. The number of hydrogen-bond donors (Lipinski definition) is 1. The largest absolute Gasteiger partial charge is 0.492 e. The lowest BCUT2D eigenvalue weighted by Gasteiger charge is -2.32. The second-order valence-corrected chi connectivity index (χ2v) is 5.67. The summed E-state index contributed by atoms with van der Waals surface area (Å²) in [4.78, 5) is 8.12. The number of aromatic amines is 1. The molecule has 0 bridgehead atoms. The molecule has 1 N–H and O–H groups in total. The maximum Gasteiger partial charge on any atom is 0.121 e. The van der Waals surface area contributed by atoms with Gasteiger partial charge in [-0.15, -0.1) is 0 Å². The monoisotopic (exact) mass is 273 g/mol. The van der Waals surface area contributed by atoms with Gasteiger partial charge in [-0.1, -0.05) is 0 Å². The van der Waals surface area contributed by atoms with Crippen molar-refractivity contribution in [2.45, 2.75) is 6.92 Å². The van der Waals surface area contributed by atoms with Crippen molar-refractivity contribution in [1.82, 2.24) is 14.8 Å². The Balaban J connectivity index is 1.52. The van der Waals surface area contributed by atoms with Crippen molar-refractivity contribution in [2.24, 2.45) is 0 Å². The van der Waals surface area contributed by atoms with Crippen LogP contribution >= 0.6 is 0 Å². The van der Waals surface area contributed by atoms with Crippen LogP contribution in [-0.4, -0.2) is 61.2 Å². The Kier molecular flexibility index (Phi) is 3.94. The average Bonchev–Trinajstić information content (AvgIpc) is 2.82. The zero-order valence-corrected chi connectivity index (χ0v) is 12.4. The number of benzene rings is 1. The molecule has 2 heterocycles. The zero-order valence-electron chi connectivity index (χ0n) is 12.4. The number of ether oxygens (including phenoxy) is 1. The van der Waals surface area contributed by atoms with Gasteiger partial charge in [0.05, 0.1) is 0 Å². The maximum atomic E-state index is 5.88. The number of H-pyrrole nitrogens is 1. The second kappa shape index (κ2) is 5.85. The molecule has 4 nitrogen and oxygen atoms in total. The first kappa shape index (κ1) is 13.5. The topological polar surface area (TPSA) is 31.5 Å². The highest BCUT2D eigenvalue weighted by Crippen LogP contribution is 2.22. The molecule has 0 unspecified atom stereocenters. The molecule has 0 spiro atoms. The molecule has 0 radical (unpaired) electrons. The number of nitrogens with one attached hydrogen (secondary N) is 1. The molecule has 1 aliphatic heterocycles. The van der Waals surface area contributed by atoms with E-state index in [0.717, 1.165) is 50.6 Å². The van der Waals surface area contributed by atoms with E-state index in [0.29, 0.717) is 0 Å². The van der Waals surface area contributed by atoms with Gasteiger partial charge in [0.1, 0.15) is 12.4 Å². The predicted molar refractivity (Wildman–Crippen MR) is 82.5 cm³/mol. The summed E-state index contributed by atoms with van der Waals surface area (Å²) in [5, 5.41) is 1.27. The molecule has 1 saturated heterocycles. The van der Waals surface area contributed by atoms with Crippen LogP contribution in [0.25, 0.3) is 10.9 Å². The molecule has 1 aliphatic rings. The number of rotatable bonds is 4. The fourth-order valence-corrected chi connectivity index (χ4v) is 2.70. The van der Waals surface area contributed by atoms with Crippen LogP contribution in [0.5, 0.6) is 5.75 Å². The van der Waals surface area contributed by atoms with Gasteiger partial charge in [0.25, 0.3) is 0 Å². The highest BCUT2D eigenvalue weighted by Gasteiger charge is 2.13. The van der Waals surface area contributed by atoms with E-state index in [2.05, 4.69) is 47.0 Å². The van der Waals surface area contributed by atoms with Crippen LogP contribution < -0.4 is 4.74 Å². The number of piperazine rings is 1.